The molecule has 0 aromatic carbocycles. The molecule has 16 heavy (non-hydrogen) atoms. The normalized spacial score (nSPS) is 12.6. The molecular formula is C11H15BrN2O2. The highest BCUT2D eigenvalue weighted by atomic mass is 79.9. The number of carbonyl (C=O) groups excluding carboxylic acids is 1. The molecule has 1 unspecified atom stereocenters. The van der Waals surface area contributed by atoms with Gasteiger partial charge < -0.3 is 10.4 Å². The summed E-state index contributed by atoms with van der Waals surface area (Å²) >= 11 is 3.19. The van der Waals surface area contributed by atoms with Gasteiger partial charge in [-0.1, -0.05) is 19.9 Å². The van der Waals surface area contributed by atoms with Crippen molar-refractivity contribution >= 4 is 21.8 Å². The van der Waals surface area contributed by atoms with Gasteiger partial charge in [-0.05, 0) is 34.0 Å². The quantitative estimate of drug-likeness (QED) is 0.827. The van der Waals surface area contributed by atoms with Crippen molar-refractivity contribution in [2.45, 2.75) is 20.0 Å². The number of pyridine rings is 1. The topological polar surface area (TPSA) is 62.2 Å². The number of carbonyl (C=O) groups is 1. The zero-order valence-corrected chi connectivity index (χ0v) is 10.9. The monoisotopic (exact) mass is 286 g/mol. The lowest BCUT2D eigenvalue weighted by molar-refractivity contribution is 0.0867. The van der Waals surface area contributed by atoms with Gasteiger partial charge in [0.1, 0.15) is 10.3 Å². The molecule has 1 aromatic heterocycles. The predicted molar refractivity (Wildman–Crippen MR) is 65.1 cm³/mol. The van der Waals surface area contributed by atoms with Crippen molar-refractivity contribution < 1.29 is 9.90 Å². The Kier molecular flexibility index (Phi) is 4.89. The van der Waals surface area contributed by atoms with Crippen molar-refractivity contribution in [1.82, 2.24) is 10.3 Å². The second-order valence-electron chi connectivity index (χ2n) is 3.87. The molecule has 0 saturated carbocycles. The third kappa shape index (κ3) is 3.90. The van der Waals surface area contributed by atoms with Crippen molar-refractivity contribution in [2.75, 3.05) is 6.54 Å². The molecule has 1 rings (SSSR count). The zero-order chi connectivity index (χ0) is 12.1. The van der Waals surface area contributed by atoms with Crippen LogP contribution in [0, 0.1) is 5.92 Å². The Balaban J connectivity index is 2.53. The minimum atomic E-state index is -0.531. The minimum Gasteiger partial charge on any atom is -0.391 e. The molecule has 5 heteroatoms. The SMILES string of the molecule is CC(C)C(O)CNC(=O)c1cccc(Br)n1. The van der Waals surface area contributed by atoms with Crippen molar-refractivity contribution in [3.05, 3.63) is 28.5 Å². The van der Waals surface area contributed by atoms with Gasteiger partial charge in [-0.15, -0.1) is 0 Å². The number of hydrogen-bond acceptors (Lipinski definition) is 3. The van der Waals surface area contributed by atoms with E-state index in [0.717, 1.165) is 0 Å². The molecule has 0 aliphatic carbocycles. The fraction of sp³-hybridized carbons (Fsp3) is 0.455. The predicted octanol–water partition coefficient (Wildman–Crippen LogP) is 1.59. The number of amides is 1. The van der Waals surface area contributed by atoms with E-state index in [1.807, 2.05) is 13.8 Å². The van der Waals surface area contributed by atoms with Gasteiger partial charge in [0, 0.05) is 6.54 Å². The van der Waals surface area contributed by atoms with Crippen LogP contribution >= 0.6 is 15.9 Å². The molecule has 1 atom stereocenters. The number of aliphatic hydroxyl groups excluding tert-OH is 1. The smallest absolute Gasteiger partial charge is 0.270 e. The number of aliphatic hydroxyl groups is 1. The Morgan fingerprint density at radius 2 is 2.25 bits per heavy atom. The zero-order valence-electron chi connectivity index (χ0n) is 9.27. The van der Waals surface area contributed by atoms with E-state index in [0.29, 0.717) is 10.3 Å². The first-order valence-corrected chi connectivity index (χ1v) is 5.89. The van der Waals surface area contributed by atoms with Crippen molar-refractivity contribution in [3.63, 3.8) is 0 Å². The molecule has 0 aliphatic heterocycles. The van der Waals surface area contributed by atoms with E-state index in [4.69, 9.17) is 0 Å². The Hall–Kier alpha value is -0.940. The summed E-state index contributed by atoms with van der Waals surface area (Å²) in [6, 6.07) is 5.12. The van der Waals surface area contributed by atoms with E-state index < -0.39 is 6.10 Å². The van der Waals surface area contributed by atoms with Gasteiger partial charge in [-0.25, -0.2) is 4.98 Å². The maximum atomic E-state index is 11.6. The molecule has 1 aromatic rings. The van der Waals surface area contributed by atoms with Crippen LogP contribution in [0.4, 0.5) is 0 Å². The summed E-state index contributed by atoms with van der Waals surface area (Å²) in [4.78, 5) is 15.6. The van der Waals surface area contributed by atoms with Crippen LogP contribution in [0.15, 0.2) is 22.8 Å². The van der Waals surface area contributed by atoms with E-state index in [9.17, 15) is 9.90 Å². The van der Waals surface area contributed by atoms with Crippen LogP contribution in [0.5, 0.6) is 0 Å². The van der Waals surface area contributed by atoms with Gasteiger partial charge >= 0.3 is 0 Å². The van der Waals surface area contributed by atoms with E-state index in [2.05, 4.69) is 26.2 Å². The summed E-state index contributed by atoms with van der Waals surface area (Å²) in [5.41, 5.74) is 0.338. The van der Waals surface area contributed by atoms with Crippen LogP contribution in [0.3, 0.4) is 0 Å². The third-order valence-electron chi connectivity index (χ3n) is 2.19. The molecule has 0 fully saturated rings. The first kappa shape index (κ1) is 13.1. The van der Waals surface area contributed by atoms with Crippen LogP contribution in [0.1, 0.15) is 24.3 Å². The van der Waals surface area contributed by atoms with Gasteiger partial charge in [-0.2, -0.15) is 0 Å². The third-order valence-corrected chi connectivity index (χ3v) is 2.63. The average Bonchev–Trinajstić information content (AvgIpc) is 2.25. The number of halogens is 1. The lowest BCUT2D eigenvalue weighted by Gasteiger charge is -2.14. The summed E-state index contributed by atoms with van der Waals surface area (Å²) in [5, 5.41) is 12.2. The van der Waals surface area contributed by atoms with E-state index in [1.165, 1.54) is 0 Å². The standard InChI is InChI=1S/C11H15BrN2O2/c1-7(2)9(15)6-13-11(16)8-4-3-5-10(12)14-8/h3-5,7,9,15H,6H2,1-2H3,(H,13,16). The Bertz CT molecular complexity index is 369. The van der Waals surface area contributed by atoms with Crippen molar-refractivity contribution in [3.8, 4) is 0 Å². The summed E-state index contributed by atoms with van der Waals surface area (Å²) in [7, 11) is 0. The number of nitrogens with one attached hydrogen (secondary N) is 1. The fourth-order valence-corrected chi connectivity index (χ4v) is 1.40. The van der Waals surface area contributed by atoms with Gasteiger partial charge in [0.05, 0.1) is 6.10 Å². The average molecular weight is 287 g/mol. The maximum absolute atomic E-state index is 11.6. The molecule has 0 radical (unpaired) electrons. The maximum Gasteiger partial charge on any atom is 0.270 e. The molecule has 0 spiro atoms. The highest BCUT2D eigenvalue weighted by Gasteiger charge is 2.12. The fourth-order valence-electron chi connectivity index (χ4n) is 1.06. The van der Waals surface area contributed by atoms with Gasteiger partial charge in [-0.3, -0.25) is 4.79 Å². The Labute approximate surface area is 103 Å². The Morgan fingerprint density at radius 1 is 1.56 bits per heavy atom. The molecule has 1 amide bonds. The largest absolute Gasteiger partial charge is 0.391 e. The first-order valence-electron chi connectivity index (χ1n) is 5.09. The molecule has 0 bridgehead atoms. The van der Waals surface area contributed by atoms with Gasteiger partial charge in [0.2, 0.25) is 0 Å². The van der Waals surface area contributed by atoms with Gasteiger partial charge in [0.15, 0.2) is 0 Å². The second kappa shape index (κ2) is 5.96. The molecule has 88 valence electrons. The number of nitrogens with zero attached hydrogens (tertiary/aromatic N) is 1. The first-order chi connectivity index (χ1) is 7.50. The van der Waals surface area contributed by atoms with Crippen LogP contribution in [-0.4, -0.2) is 28.6 Å². The highest BCUT2D eigenvalue weighted by Crippen LogP contribution is 2.06. The van der Waals surface area contributed by atoms with Crippen LogP contribution in [-0.2, 0) is 0 Å². The Morgan fingerprint density at radius 3 is 2.81 bits per heavy atom. The summed E-state index contributed by atoms with van der Waals surface area (Å²) in [6.45, 7) is 4.03. The van der Waals surface area contributed by atoms with E-state index in [-0.39, 0.29) is 18.4 Å². The molecule has 1 heterocycles. The summed E-state index contributed by atoms with van der Waals surface area (Å²) in [6.07, 6.45) is -0.531. The van der Waals surface area contributed by atoms with E-state index in [1.54, 1.807) is 18.2 Å². The summed E-state index contributed by atoms with van der Waals surface area (Å²) in [5.74, 6) is -0.156. The van der Waals surface area contributed by atoms with Crippen LogP contribution < -0.4 is 5.32 Å². The lowest BCUT2D eigenvalue weighted by atomic mass is 10.1. The minimum absolute atomic E-state index is 0.121. The molecular weight excluding hydrogens is 272 g/mol. The number of rotatable bonds is 4. The number of hydrogen-bond donors (Lipinski definition) is 2. The van der Waals surface area contributed by atoms with Crippen LogP contribution in [0.2, 0.25) is 0 Å². The van der Waals surface area contributed by atoms with Crippen molar-refractivity contribution in [2.24, 2.45) is 5.92 Å². The van der Waals surface area contributed by atoms with Crippen molar-refractivity contribution in [1.29, 1.82) is 0 Å². The second-order valence-corrected chi connectivity index (χ2v) is 4.68. The highest BCUT2D eigenvalue weighted by molar-refractivity contribution is 9.10. The molecule has 4 nitrogen and oxygen atoms in total. The lowest BCUT2D eigenvalue weighted by Crippen LogP contribution is -2.35. The van der Waals surface area contributed by atoms with Crippen LogP contribution in [0.25, 0.3) is 0 Å². The van der Waals surface area contributed by atoms with E-state index >= 15 is 0 Å². The molecule has 2 N–H and O–H groups in total. The summed E-state index contributed by atoms with van der Waals surface area (Å²) < 4.78 is 0.615. The number of aromatic nitrogens is 1. The van der Waals surface area contributed by atoms with Gasteiger partial charge in [0.25, 0.3) is 5.91 Å². The molecule has 0 aliphatic rings. The molecule has 0 saturated heterocycles.